The minimum absolute atomic E-state index is 0.0858. The molecule has 0 amide bonds. The van der Waals surface area contributed by atoms with Crippen molar-refractivity contribution in [2.75, 3.05) is 10.7 Å². The van der Waals surface area contributed by atoms with Crippen LogP contribution < -0.4 is 16.6 Å². The largest absolute Gasteiger partial charge is 0.339 e. The summed E-state index contributed by atoms with van der Waals surface area (Å²) in [6.07, 6.45) is 1.31. The molecule has 0 spiro atoms. The minimum Gasteiger partial charge on any atom is -0.339 e. The average Bonchev–Trinajstić information content (AvgIpc) is 2.38. The zero-order valence-electron chi connectivity index (χ0n) is 9.22. The van der Waals surface area contributed by atoms with Crippen LogP contribution in [0.2, 0.25) is 10.0 Å². The van der Waals surface area contributed by atoms with Crippen LogP contribution in [0.25, 0.3) is 0 Å². The summed E-state index contributed by atoms with van der Waals surface area (Å²) in [5.74, 6) is 5.46. The van der Waals surface area contributed by atoms with Gasteiger partial charge in [0.15, 0.2) is 11.6 Å². The number of halogens is 4. The fraction of sp³-hybridized carbons (Fsp3) is 0. The summed E-state index contributed by atoms with van der Waals surface area (Å²) in [7, 11) is 0. The third-order valence-electron chi connectivity index (χ3n) is 2.17. The number of hydrogen-bond acceptors (Lipinski definition) is 5. The number of nitrogens with zero attached hydrogens (tertiary/aromatic N) is 2. The summed E-state index contributed by atoms with van der Waals surface area (Å²) in [4.78, 5) is 7.92. The zero-order chi connectivity index (χ0) is 14.0. The molecular formula is C10H7BrCl2FN5. The van der Waals surface area contributed by atoms with Crippen LogP contribution in [0, 0.1) is 5.82 Å². The molecule has 1 aromatic carbocycles. The summed E-state index contributed by atoms with van der Waals surface area (Å²) < 4.78 is 13.8. The van der Waals surface area contributed by atoms with Crippen LogP contribution in [-0.4, -0.2) is 9.97 Å². The fourth-order valence-electron chi connectivity index (χ4n) is 1.32. The normalized spacial score (nSPS) is 10.4. The quantitative estimate of drug-likeness (QED) is 0.438. The topological polar surface area (TPSA) is 75.9 Å². The van der Waals surface area contributed by atoms with Crippen LogP contribution >= 0.6 is 39.1 Å². The second kappa shape index (κ2) is 5.87. The van der Waals surface area contributed by atoms with Gasteiger partial charge in [-0.15, -0.1) is 0 Å². The molecule has 0 aliphatic rings. The first-order valence-electron chi connectivity index (χ1n) is 4.91. The molecule has 0 saturated heterocycles. The highest BCUT2D eigenvalue weighted by atomic mass is 79.9. The number of hydrazine groups is 1. The second-order valence-corrected chi connectivity index (χ2v) is 5.02. The van der Waals surface area contributed by atoms with Crippen molar-refractivity contribution in [2.24, 2.45) is 5.84 Å². The highest BCUT2D eigenvalue weighted by Gasteiger charge is 2.11. The van der Waals surface area contributed by atoms with Gasteiger partial charge in [0.25, 0.3) is 0 Å². The highest BCUT2D eigenvalue weighted by Crippen LogP contribution is 2.32. The van der Waals surface area contributed by atoms with E-state index in [2.05, 4.69) is 36.6 Å². The Morgan fingerprint density at radius 1 is 1.16 bits per heavy atom. The Labute approximate surface area is 126 Å². The maximum Gasteiger partial charge on any atom is 0.160 e. The van der Waals surface area contributed by atoms with Crippen molar-refractivity contribution >= 4 is 56.5 Å². The number of benzene rings is 1. The predicted octanol–water partition coefficient (Wildman–Crippen LogP) is 3.71. The number of nitrogen functional groups attached to an aromatic ring is 1. The van der Waals surface area contributed by atoms with Crippen LogP contribution in [0.4, 0.5) is 21.7 Å². The van der Waals surface area contributed by atoms with E-state index in [9.17, 15) is 4.39 Å². The number of anilines is 3. The Morgan fingerprint density at radius 3 is 2.32 bits per heavy atom. The third-order valence-corrected chi connectivity index (χ3v) is 3.47. The van der Waals surface area contributed by atoms with Gasteiger partial charge in [0.05, 0.1) is 10.0 Å². The lowest BCUT2D eigenvalue weighted by Gasteiger charge is -2.10. The molecule has 0 saturated carbocycles. The van der Waals surface area contributed by atoms with Gasteiger partial charge in [-0.05, 0) is 28.1 Å². The molecule has 0 unspecified atom stereocenters. The van der Waals surface area contributed by atoms with Gasteiger partial charge in [-0.2, -0.15) is 0 Å². The van der Waals surface area contributed by atoms with Gasteiger partial charge in [0.1, 0.15) is 16.6 Å². The molecule has 0 atom stereocenters. The van der Waals surface area contributed by atoms with E-state index in [1.54, 1.807) is 0 Å². The van der Waals surface area contributed by atoms with Gasteiger partial charge in [0, 0.05) is 5.69 Å². The molecule has 9 heteroatoms. The number of nitrogens with one attached hydrogen (secondary N) is 2. The van der Waals surface area contributed by atoms with Crippen molar-refractivity contribution in [3.63, 3.8) is 0 Å². The van der Waals surface area contributed by atoms with E-state index < -0.39 is 5.82 Å². The van der Waals surface area contributed by atoms with E-state index in [-0.39, 0.29) is 10.0 Å². The molecule has 100 valence electrons. The monoisotopic (exact) mass is 365 g/mol. The molecule has 2 rings (SSSR count). The van der Waals surface area contributed by atoms with E-state index in [4.69, 9.17) is 29.0 Å². The van der Waals surface area contributed by atoms with E-state index >= 15 is 0 Å². The van der Waals surface area contributed by atoms with Crippen molar-refractivity contribution in [2.45, 2.75) is 0 Å². The van der Waals surface area contributed by atoms with Gasteiger partial charge < -0.3 is 10.7 Å². The SMILES string of the molecule is NNc1ncnc(Nc2cc(Cl)c(F)c(Cl)c2)c1Br. The summed E-state index contributed by atoms with van der Waals surface area (Å²) in [5, 5.41) is 2.76. The molecule has 1 aromatic heterocycles. The van der Waals surface area contributed by atoms with Crippen molar-refractivity contribution in [3.8, 4) is 0 Å². The van der Waals surface area contributed by atoms with Crippen molar-refractivity contribution in [1.29, 1.82) is 0 Å². The first-order chi connectivity index (χ1) is 9.02. The van der Waals surface area contributed by atoms with Gasteiger partial charge in [-0.3, -0.25) is 0 Å². The van der Waals surface area contributed by atoms with Gasteiger partial charge in [-0.25, -0.2) is 20.2 Å². The van der Waals surface area contributed by atoms with E-state index in [1.165, 1.54) is 18.5 Å². The van der Waals surface area contributed by atoms with E-state index in [1.807, 2.05) is 0 Å². The van der Waals surface area contributed by atoms with Crippen molar-refractivity contribution in [1.82, 2.24) is 9.97 Å². The standard InChI is InChI=1S/C10H7BrCl2FN5/c11-7-9(16-3-17-10(7)19-15)18-4-1-5(12)8(14)6(13)2-4/h1-3H,15H2,(H2,16,17,18,19). The molecular weight excluding hydrogens is 360 g/mol. The number of hydrogen-bond donors (Lipinski definition) is 3. The second-order valence-electron chi connectivity index (χ2n) is 3.41. The lowest BCUT2D eigenvalue weighted by atomic mass is 10.3. The number of rotatable bonds is 3. The van der Waals surface area contributed by atoms with Crippen LogP contribution in [0.3, 0.4) is 0 Å². The first kappa shape index (κ1) is 14.3. The van der Waals surface area contributed by atoms with Crippen LogP contribution in [0.5, 0.6) is 0 Å². The molecule has 0 aliphatic heterocycles. The molecule has 2 aromatic rings. The summed E-state index contributed by atoms with van der Waals surface area (Å²) >= 11 is 14.7. The predicted molar refractivity (Wildman–Crippen MR) is 77.2 cm³/mol. The maximum atomic E-state index is 13.3. The number of aromatic nitrogens is 2. The Balaban J connectivity index is 2.36. The Morgan fingerprint density at radius 2 is 1.74 bits per heavy atom. The van der Waals surface area contributed by atoms with Gasteiger partial charge in [-0.1, -0.05) is 23.2 Å². The van der Waals surface area contributed by atoms with Crippen molar-refractivity contribution in [3.05, 3.63) is 38.8 Å². The molecule has 0 radical (unpaired) electrons. The molecule has 19 heavy (non-hydrogen) atoms. The van der Waals surface area contributed by atoms with Gasteiger partial charge in [0.2, 0.25) is 0 Å². The Hall–Kier alpha value is -1.15. The third kappa shape index (κ3) is 3.06. The molecule has 0 aliphatic carbocycles. The van der Waals surface area contributed by atoms with Crippen LogP contribution in [-0.2, 0) is 0 Å². The molecule has 4 N–H and O–H groups in total. The molecule has 0 fully saturated rings. The summed E-state index contributed by atoms with van der Waals surface area (Å²) in [5.41, 5.74) is 2.89. The molecule has 5 nitrogen and oxygen atoms in total. The fourth-order valence-corrected chi connectivity index (χ4v) is 2.23. The zero-order valence-corrected chi connectivity index (χ0v) is 12.3. The summed E-state index contributed by atoms with van der Waals surface area (Å²) in [6.45, 7) is 0. The first-order valence-corrected chi connectivity index (χ1v) is 6.46. The molecule has 0 bridgehead atoms. The molecule has 1 heterocycles. The number of nitrogens with two attached hydrogens (primary N) is 1. The Kier molecular flexibility index (Phi) is 4.41. The van der Waals surface area contributed by atoms with Crippen molar-refractivity contribution < 1.29 is 4.39 Å². The lowest BCUT2D eigenvalue weighted by molar-refractivity contribution is 0.629. The highest BCUT2D eigenvalue weighted by molar-refractivity contribution is 9.10. The minimum atomic E-state index is -0.667. The Bertz CT molecular complexity index is 602. The average molecular weight is 367 g/mol. The van der Waals surface area contributed by atoms with E-state index in [0.29, 0.717) is 21.8 Å². The van der Waals surface area contributed by atoms with Crippen LogP contribution in [0.1, 0.15) is 0 Å². The summed E-state index contributed by atoms with van der Waals surface area (Å²) in [6, 6.07) is 2.79. The maximum absolute atomic E-state index is 13.3. The lowest BCUT2D eigenvalue weighted by Crippen LogP contribution is -2.10. The smallest absolute Gasteiger partial charge is 0.160 e. The van der Waals surface area contributed by atoms with E-state index in [0.717, 1.165) is 0 Å². The van der Waals surface area contributed by atoms with Gasteiger partial charge >= 0.3 is 0 Å². The van der Waals surface area contributed by atoms with Crippen LogP contribution in [0.15, 0.2) is 22.9 Å².